The van der Waals surface area contributed by atoms with Crippen molar-refractivity contribution < 1.29 is 18.0 Å². The van der Waals surface area contributed by atoms with Gasteiger partial charge < -0.3 is 4.90 Å². The Kier molecular flexibility index (Phi) is 3.07. The van der Waals surface area contributed by atoms with E-state index in [0.717, 1.165) is 17.7 Å². The van der Waals surface area contributed by atoms with Crippen molar-refractivity contribution in [3.8, 4) is 0 Å². The maximum Gasteiger partial charge on any atom is 0.471 e. The molecule has 0 atom stereocenters. The van der Waals surface area contributed by atoms with Crippen LogP contribution in [0.5, 0.6) is 0 Å². The molecule has 0 radical (unpaired) electrons. The number of alkyl halides is 3. The standard InChI is InChI=1S/C9H14F3NO/c1-6(2)13(5-7-3-4-7)8(14)9(10,11)12/h6-7H,3-5H2,1-2H3. The third kappa shape index (κ3) is 2.89. The highest BCUT2D eigenvalue weighted by Gasteiger charge is 2.44. The van der Waals surface area contributed by atoms with Crippen molar-refractivity contribution in [3.63, 3.8) is 0 Å². The minimum atomic E-state index is -4.74. The fraction of sp³-hybridized carbons (Fsp3) is 0.889. The average molecular weight is 209 g/mol. The maximum absolute atomic E-state index is 12.1. The Hall–Kier alpha value is -0.740. The van der Waals surface area contributed by atoms with E-state index in [1.54, 1.807) is 13.8 Å². The Labute approximate surface area is 81.1 Å². The summed E-state index contributed by atoms with van der Waals surface area (Å²) in [6, 6.07) is -0.385. The lowest BCUT2D eigenvalue weighted by atomic mass is 10.2. The molecule has 1 aliphatic rings. The van der Waals surface area contributed by atoms with E-state index in [9.17, 15) is 18.0 Å². The van der Waals surface area contributed by atoms with Crippen LogP contribution in [-0.4, -0.2) is 29.6 Å². The van der Waals surface area contributed by atoms with Gasteiger partial charge in [-0.05, 0) is 32.6 Å². The molecule has 0 aromatic carbocycles. The Morgan fingerprint density at radius 1 is 1.43 bits per heavy atom. The van der Waals surface area contributed by atoms with Gasteiger partial charge in [-0.2, -0.15) is 13.2 Å². The molecule has 0 N–H and O–H groups in total. The zero-order chi connectivity index (χ0) is 10.9. The fourth-order valence-electron chi connectivity index (χ4n) is 1.27. The van der Waals surface area contributed by atoms with Gasteiger partial charge in [0.15, 0.2) is 0 Å². The van der Waals surface area contributed by atoms with E-state index < -0.39 is 12.1 Å². The maximum atomic E-state index is 12.1. The Morgan fingerprint density at radius 2 is 1.93 bits per heavy atom. The monoisotopic (exact) mass is 209 g/mol. The van der Waals surface area contributed by atoms with Gasteiger partial charge >= 0.3 is 12.1 Å². The van der Waals surface area contributed by atoms with E-state index in [1.165, 1.54) is 0 Å². The lowest BCUT2D eigenvalue weighted by Crippen LogP contribution is -2.45. The van der Waals surface area contributed by atoms with Crippen LogP contribution < -0.4 is 0 Å². The number of amides is 1. The number of halogens is 3. The molecule has 5 heteroatoms. The van der Waals surface area contributed by atoms with Gasteiger partial charge in [-0.15, -0.1) is 0 Å². The predicted molar refractivity (Wildman–Crippen MR) is 45.6 cm³/mol. The van der Waals surface area contributed by atoms with Crippen molar-refractivity contribution in [3.05, 3.63) is 0 Å². The van der Waals surface area contributed by atoms with Crippen molar-refractivity contribution in [2.24, 2.45) is 5.92 Å². The molecule has 0 saturated heterocycles. The summed E-state index contributed by atoms with van der Waals surface area (Å²) in [5.74, 6) is -1.43. The van der Waals surface area contributed by atoms with Crippen LogP contribution in [0.25, 0.3) is 0 Å². The molecular weight excluding hydrogens is 195 g/mol. The first-order valence-electron chi connectivity index (χ1n) is 4.70. The molecule has 1 rings (SSSR count). The normalized spacial score (nSPS) is 17.3. The molecule has 82 valence electrons. The number of nitrogens with zero attached hydrogens (tertiary/aromatic N) is 1. The zero-order valence-electron chi connectivity index (χ0n) is 8.27. The van der Waals surface area contributed by atoms with Crippen molar-refractivity contribution in [1.82, 2.24) is 4.90 Å². The van der Waals surface area contributed by atoms with Crippen LogP contribution >= 0.6 is 0 Å². The van der Waals surface area contributed by atoms with E-state index in [1.807, 2.05) is 0 Å². The van der Waals surface area contributed by atoms with Crippen molar-refractivity contribution in [2.75, 3.05) is 6.54 Å². The lowest BCUT2D eigenvalue weighted by molar-refractivity contribution is -0.187. The highest BCUT2D eigenvalue weighted by molar-refractivity contribution is 5.82. The van der Waals surface area contributed by atoms with Gasteiger partial charge in [-0.3, -0.25) is 4.79 Å². The van der Waals surface area contributed by atoms with Crippen LogP contribution in [0.15, 0.2) is 0 Å². The smallest absolute Gasteiger partial charge is 0.332 e. The Bertz CT molecular complexity index is 221. The number of hydrogen-bond donors (Lipinski definition) is 0. The van der Waals surface area contributed by atoms with Crippen LogP contribution in [0, 0.1) is 5.92 Å². The summed E-state index contributed by atoms with van der Waals surface area (Å²) >= 11 is 0. The van der Waals surface area contributed by atoms with E-state index in [4.69, 9.17) is 0 Å². The minimum absolute atomic E-state index is 0.246. The fourth-order valence-corrected chi connectivity index (χ4v) is 1.27. The van der Waals surface area contributed by atoms with E-state index in [-0.39, 0.29) is 18.5 Å². The molecule has 0 aromatic heterocycles. The zero-order valence-corrected chi connectivity index (χ0v) is 8.27. The lowest BCUT2D eigenvalue weighted by Gasteiger charge is -2.27. The van der Waals surface area contributed by atoms with Crippen LogP contribution in [-0.2, 0) is 4.79 Å². The summed E-state index contributed by atoms with van der Waals surface area (Å²) in [5.41, 5.74) is 0. The first-order chi connectivity index (χ1) is 6.32. The molecule has 0 heterocycles. The molecule has 2 nitrogen and oxygen atoms in total. The van der Waals surface area contributed by atoms with Crippen LogP contribution in [0.1, 0.15) is 26.7 Å². The van der Waals surface area contributed by atoms with Crippen LogP contribution in [0.4, 0.5) is 13.2 Å². The highest BCUT2D eigenvalue weighted by atomic mass is 19.4. The molecule has 14 heavy (non-hydrogen) atoms. The second-order valence-corrected chi connectivity index (χ2v) is 3.99. The van der Waals surface area contributed by atoms with Gasteiger partial charge in [0.25, 0.3) is 0 Å². The Morgan fingerprint density at radius 3 is 2.21 bits per heavy atom. The average Bonchev–Trinajstić information content (AvgIpc) is 2.79. The third-order valence-corrected chi connectivity index (χ3v) is 2.28. The van der Waals surface area contributed by atoms with E-state index in [2.05, 4.69) is 0 Å². The molecular formula is C9H14F3NO. The van der Waals surface area contributed by atoms with Gasteiger partial charge in [0, 0.05) is 12.6 Å². The summed E-state index contributed by atoms with van der Waals surface area (Å²) in [6.07, 6.45) is -2.86. The summed E-state index contributed by atoms with van der Waals surface area (Å²) in [6.45, 7) is 3.45. The number of carbonyl (C=O) groups excluding carboxylic acids is 1. The summed E-state index contributed by atoms with van der Waals surface area (Å²) in [7, 11) is 0. The van der Waals surface area contributed by atoms with Gasteiger partial charge in [-0.1, -0.05) is 0 Å². The second-order valence-electron chi connectivity index (χ2n) is 3.99. The minimum Gasteiger partial charge on any atom is -0.332 e. The molecule has 0 unspecified atom stereocenters. The summed E-state index contributed by atoms with van der Waals surface area (Å²) < 4.78 is 36.4. The molecule has 1 amide bonds. The van der Waals surface area contributed by atoms with Gasteiger partial charge in [0.1, 0.15) is 0 Å². The van der Waals surface area contributed by atoms with Crippen LogP contribution in [0.3, 0.4) is 0 Å². The predicted octanol–water partition coefficient (Wildman–Crippen LogP) is 2.20. The van der Waals surface area contributed by atoms with E-state index >= 15 is 0 Å². The van der Waals surface area contributed by atoms with Gasteiger partial charge in [0.2, 0.25) is 0 Å². The molecule has 1 saturated carbocycles. The number of rotatable bonds is 3. The quantitative estimate of drug-likeness (QED) is 0.697. The molecule has 0 spiro atoms. The number of hydrogen-bond acceptors (Lipinski definition) is 1. The Balaban J connectivity index is 2.61. The summed E-state index contributed by atoms with van der Waals surface area (Å²) in [4.78, 5) is 11.9. The molecule has 1 aliphatic carbocycles. The SMILES string of the molecule is CC(C)N(CC1CC1)C(=O)C(F)(F)F. The largest absolute Gasteiger partial charge is 0.471 e. The number of carbonyl (C=O) groups is 1. The molecule has 1 fully saturated rings. The first kappa shape index (κ1) is 11.3. The van der Waals surface area contributed by atoms with Gasteiger partial charge in [0.05, 0.1) is 0 Å². The third-order valence-electron chi connectivity index (χ3n) is 2.28. The second kappa shape index (κ2) is 3.79. The highest BCUT2D eigenvalue weighted by Crippen LogP contribution is 2.31. The van der Waals surface area contributed by atoms with Crippen LogP contribution in [0.2, 0.25) is 0 Å². The molecule has 0 bridgehead atoms. The topological polar surface area (TPSA) is 20.3 Å². The first-order valence-corrected chi connectivity index (χ1v) is 4.70. The van der Waals surface area contributed by atoms with Crippen molar-refractivity contribution >= 4 is 5.91 Å². The van der Waals surface area contributed by atoms with Crippen molar-refractivity contribution in [1.29, 1.82) is 0 Å². The van der Waals surface area contributed by atoms with Crippen molar-refractivity contribution in [2.45, 2.75) is 38.9 Å². The summed E-state index contributed by atoms with van der Waals surface area (Å²) in [5, 5.41) is 0. The van der Waals surface area contributed by atoms with Gasteiger partial charge in [-0.25, -0.2) is 0 Å². The molecule has 0 aliphatic heterocycles. The molecule has 0 aromatic rings. The van der Waals surface area contributed by atoms with E-state index in [0.29, 0.717) is 0 Å².